The molecule has 3 rings (SSSR count). The number of fused-ring (bicyclic) bond motifs is 1. The molecule has 9 heteroatoms. The summed E-state index contributed by atoms with van der Waals surface area (Å²) < 4.78 is 40.3. The Morgan fingerprint density at radius 3 is 2.64 bits per heavy atom. The number of halogens is 1. The number of carbonyl (C=O) groups is 2. The highest BCUT2D eigenvalue weighted by Crippen LogP contribution is 2.39. The first kappa shape index (κ1) is 15.7. The highest BCUT2D eigenvalue weighted by atomic mass is 32.2. The standard InChI is InChI=1S/C13H20FN3O4S/c1-17-10-3-2-8(6-9(10)11(18)15-12(17)19)22(20,21)16-13(7-14)4-5-13/h8-10,16H,2-7H2,1H3,(H,15,18,19). The van der Waals surface area contributed by atoms with E-state index in [1.165, 1.54) is 4.90 Å². The lowest BCUT2D eigenvalue weighted by Crippen LogP contribution is -2.61. The lowest BCUT2D eigenvalue weighted by atomic mass is 9.81. The van der Waals surface area contributed by atoms with Crippen LogP contribution in [0.4, 0.5) is 9.18 Å². The zero-order valence-electron chi connectivity index (χ0n) is 12.3. The molecule has 22 heavy (non-hydrogen) atoms. The monoisotopic (exact) mass is 333 g/mol. The van der Waals surface area contributed by atoms with Crippen LogP contribution in [0.3, 0.4) is 0 Å². The Bertz CT molecular complexity index is 604. The van der Waals surface area contributed by atoms with Crippen molar-refractivity contribution in [3.05, 3.63) is 0 Å². The van der Waals surface area contributed by atoms with Crippen molar-refractivity contribution in [1.29, 1.82) is 0 Å². The second-order valence-electron chi connectivity index (χ2n) is 6.58. The van der Waals surface area contributed by atoms with E-state index in [0.29, 0.717) is 25.7 Å². The number of nitrogens with zero attached hydrogens (tertiary/aromatic N) is 1. The van der Waals surface area contributed by atoms with E-state index in [4.69, 9.17) is 0 Å². The smallest absolute Gasteiger partial charge is 0.324 e. The summed E-state index contributed by atoms with van der Waals surface area (Å²) in [6.45, 7) is -0.706. The van der Waals surface area contributed by atoms with E-state index >= 15 is 0 Å². The van der Waals surface area contributed by atoms with Crippen LogP contribution in [0.15, 0.2) is 0 Å². The van der Waals surface area contributed by atoms with Gasteiger partial charge in [-0.3, -0.25) is 10.1 Å². The first-order valence-corrected chi connectivity index (χ1v) is 8.99. The van der Waals surface area contributed by atoms with E-state index in [9.17, 15) is 22.4 Å². The van der Waals surface area contributed by atoms with E-state index in [1.807, 2.05) is 0 Å². The number of carbonyl (C=O) groups excluding carboxylic acids is 2. The first-order chi connectivity index (χ1) is 10.3. The van der Waals surface area contributed by atoms with E-state index in [0.717, 1.165) is 0 Å². The minimum atomic E-state index is -3.67. The van der Waals surface area contributed by atoms with E-state index in [2.05, 4.69) is 10.0 Å². The summed E-state index contributed by atoms with van der Waals surface area (Å²) in [5.41, 5.74) is -0.919. The number of rotatable bonds is 4. The van der Waals surface area contributed by atoms with E-state index < -0.39 is 45.3 Å². The zero-order chi connectivity index (χ0) is 16.1. The van der Waals surface area contributed by atoms with Gasteiger partial charge in [-0.1, -0.05) is 0 Å². The summed E-state index contributed by atoms with van der Waals surface area (Å²) in [4.78, 5) is 25.0. The second kappa shape index (κ2) is 5.16. The topological polar surface area (TPSA) is 95.6 Å². The quantitative estimate of drug-likeness (QED) is 0.764. The summed E-state index contributed by atoms with van der Waals surface area (Å²) in [5, 5.41) is 1.53. The Labute approximate surface area is 128 Å². The van der Waals surface area contributed by atoms with Crippen LogP contribution in [0.1, 0.15) is 32.1 Å². The van der Waals surface area contributed by atoms with Gasteiger partial charge >= 0.3 is 6.03 Å². The number of sulfonamides is 1. The molecule has 2 aliphatic carbocycles. The molecule has 2 N–H and O–H groups in total. The number of alkyl halides is 1. The van der Waals surface area contributed by atoms with Crippen molar-refractivity contribution < 1.29 is 22.4 Å². The van der Waals surface area contributed by atoms with Crippen molar-refractivity contribution in [2.45, 2.75) is 48.9 Å². The Balaban J connectivity index is 1.73. The Morgan fingerprint density at radius 2 is 2.05 bits per heavy atom. The fourth-order valence-electron chi connectivity index (χ4n) is 3.38. The zero-order valence-corrected chi connectivity index (χ0v) is 13.2. The summed E-state index contributed by atoms with van der Waals surface area (Å²) in [6.07, 6.45) is 2.00. The predicted molar refractivity (Wildman–Crippen MR) is 76.2 cm³/mol. The fourth-order valence-corrected chi connectivity index (χ4v) is 5.31. The van der Waals surface area contributed by atoms with E-state index in [1.54, 1.807) is 7.05 Å². The fraction of sp³-hybridized carbons (Fsp3) is 0.846. The Kier molecular flexibility index (Phi) is 3.67. The predicted octanol–water partition coefficient (Wildman–Crippen LogP) is 0.127. The molecule has 0 bridgehead atoms. The molecule has 0 spiro atoms. The number of hydrogen-bond donors (Lipinski definition) is 2. The molecule has 3 unspecified atom stereocenters. The van der Waals surface area contributed by atoms with Gasteiger partial charge in [0.15, 0.2) is 0 Å². The lowest BCUT2D eigenvalue weighted by Gasteiger charge is -2.43. The van der Waals surface area contributed by atoms with Crippen LogP contribution in [0.25, 0.3) is 0 Å². The Morgan fingerprint density at radius 1 is 1.36 bits per heavy atom. The maximum absolute atomic E-state index is 12.9. The van der Waals surface area contributed by atoms with Gasteiger partial charge in [0, 0.05) is 13.1 Å². The van der Waals surface area contributed by atoms with Crippen LogP contribution in [-0.2, 0) is 14.8 Å². The van der Waals surface area contributed by atoms with Crippen LogP contribution in [0.2, 0.25) is 0 Å². The molecule has 0 aromatic rings. The normalized spacial score (nSPS) is 34.1. The van der Waals surface area contributed by atoms with E-state index in [-0.39, 0.29) is 12.5 Å². The van der Waals surface area contributed by atoms with Crippen molar-refractivity contribution in [2.75, 3.05) is 13.7 Å². The molecule has 1 saturated heterocycles. The van der Waals surface area contributed by atoms with Crippen molar-refractivity contribution >= 4 is 22.0 Å². The van der Waals surface area contributed by atoms with Crippen molar-refractivity contribution in [1.82, 2.24) is 14.9 Å². The number of hydrogen-bond acceptors (Lipinski definition) is 4. The minimum absolute atomic E-state index is 0.159. The maximum atomic E-state index is 12.9. The first-order valence-electron chi connectivity index (χ1n) is 7.44. The molecule has 1 heterocycles. The van der Waals surface area contributed by atoms with Gasteiger partial charge in [-0.25, -0.2) is 22.3 Å². The van der Waals surface area contributed by atoms with Crippen molar-refractivity contribution in [2.24, 2.45) is 5.92 Å². The minimum Gasteiger partial charge on any atom is -0.324 e. The third kappa shape index (κ3) is 2.60. The van der Waals surface area contributed by atoms with Gasteiger partial charge in [0.25, 0.3) is 0 Å². The molecule has 0 aromatic carbocycles. The van der Waals surface area contributed by atoms with Gasteiger partial charge in [-0.2, -0.15) is 0 Å². The number of imide groups is 1. The molecule has 1 aliphatic heterocycles. The summed E-state index contributed by atoms with van der Waals surface area (Å²) >= 11 is 0. The molecular formula is C13H20FN3O4S. The molecule has 0 aromatic heterocycles. The molecule has 3 amide bonds. The van der Waals surface area contributed by atoms with Gasteiger partial charge in [0.2, 0.25) is 15.9 Å². The SMILES string of the molecule is CN1C(=O)NC(=O)C2CC(S(=O)(=O)NC3(CF)CC3)CCC21. The number of urea groups is 1. The van der Waals surface area contributed by atoms with Crippen LogP contribution >= 0.6 is 0 Å². The molecule has 3 atom stereocenters. The molecule has 124 valence electrons. The van der Waals surface area contributed by atoms with Gasteiger partial charge in [-0.15, -0.1) is 0 Å². The molecule has 7 nitrogen and oxygen atoms in total. The van der Waals surface area contributed by atoms with Crippen LogP contribution < -0.4 is 10.0 Å². The highest BCUT2D eigenvalue weighted by molar-refractivity contribution is 7.90. The average molecular weight is 333 g/mol. The molecule has 3 aliphatic rings. The largest absolute Gasteiger partial charge is 0.324 e. The molecule has 3 fully saturated rings. The number of amides is 3. The van der Waals surface area contributed by atoms with Gasteiger partial charge in [0.05, 0.1) is 16.7 Å². The summed E-state index contributed by atoms with van der Waals surface area (Å²) in [5.74, 6) is -0.946. The third-order valence-electron chi connectivity index (χ3n) is 5.06. The van der Waals surface area contributed by atoms with Crippen molar-refractivity contribution in [3.63, 3.8) is 0 Å². The summed E-state index contributed by atoms with van der Waals surface area (Å²) in [7, 11) is -2.06. The number of nitrogens with one attached hydrogen (secondary N) is 2. The maximum Gasteiger partial charge on any atom is 0.324 e. The van der Waals surface area contributed by atoms with Crippen LogP contribution in [0.5, 0.6) is 0 Å². The third-order valence-corrected chi connectivity index (χ3v) is 7.08. The summed E-state index contributed by atoms with van der Waals surface area (Å²) in [6, 6.07) is -0.705. The molecular weight excluding hydrogens is 313 g/mol. The lowest BCUT2D eigenvalue weighted by molar-refractivity contribution is -0.129. The molecule has 0 radical (unpaired) electrons. The Hall–Kier alpha value is -1.22. The van der Waals surface area contributed by atoms with Gasteiger partial charge < -0.3 is 4.90 Å². The van der Waals surface area contributed by atoms with Gasteiger partial charge in [0.1, 0.15) is 6.67 Å². The average Bonchev–Trinajstić information content (AvgIpc) is 3.24. The highest BCUT2D eigenvalue weighted by Gasteiger charge is 2.50. The second-order valence-corrected chi connectivity index (χ2v) is 8.54. The van der Waals surface area contributed by atoms with Crippen LogP contribution in [0, 0.1) is 5.92 Å². The van der Waals surface area contributed by atoms with Crippen LogP contribution in [-0.4, -0.2) is 55.8 Å². The molecule has 2 saturated carbocycles. The van der Waals surface area contributed by atoms with Gasteiger partial charge in [-0.05, 0) is 32.1 Å². The van der Waals surface area contributed by atoms with Crippen molar-refractivity contribution in [3.8, 4) is 0 Å².